The van der Waals surface area contributed by atoms with Gasteiger partial charge in [-0.3, -0.25) is 5.32 Å². The summed E-state index contributed by atoms with van der Waals surface area (Å²) in [5.74, 6) is 1.26. The highest BCUT2D eigenvalue weighted by atomic mass is 32.2. The van der Waals surface area contributed by atoms with E-state index in [4.69, 9.17) is 0 Å². The minimum absolute atomic E-state index is 0.342. The van der Waals surface area contributed by atoms with Crippen LogP contribution in [-0.2, 0) is 0 Å². The molecule has 0 aliphatic carbocycles. The first-order valence-corrected chi connectivity index (χ1v) is 6.45. The summed E-state index contributed by atoms with van der Waals surface area (Å²) in [4.78, 5) is 0.396. The van der Waals surface area contributed by atoms with E-state index in [9.17, 15) is 0 Å². The molecule has 1 N–H and O–H groups in total. The molecule has 0 aromatic rings. The molecule has 1 aliphatic rings. The monoisotopic (exact) mass is 201 g/mol. The van der Waals surface area contributed by atoms with Crippen LogP contribution in [0.2, 0.25) is 0 Å². The lowest BCUT2D eigenvalue weighted by molar-refractivity contribution is 0.329. The molecule has 1 heterocycles. The lowest BCUT2D eigenvalue weighted by atomic mass is 10.0. The van der Waals surface area contributed by atoms with E-state index in [2.05, 4.69) is 44.8 Å². The van der Waals surface area contributed by atoms with Gasteiger partial charge in [-0.25, -0.2) is 0 Å². The van der Waals surface area contributed by atoms with E-state index in [0.717, 1.165) is 0 Å². The smallest absolute Gasteiger partial charge is 0.0650 e. The molecule has 0 atom stereocenters. The quantitative estimate of drug-likeness (QED) is 0.748. The molecule has 0 bridgehead atoms. The fourth-order valence-corrected chi connectivity index (χ4v) is 3.96. The molecule has 0 aromatic heterocycles. The topological polar surface area (TPSA) is 12.0 Å². The molecule has 0 saturated carbocycles. The highest BCUT2D eigenvalue weighted by Gasteiger charge is 2.41. The van der Waals surface area contributed by atoms with Crippen LogP contribution >= 0.6 is 11.8 Å². The number of hydrogen-bond donors (Lipinski definition) is 1. The van der Waals surface area contributed by atoms with Crippen molar-refractivity contribution in [2.24, 2.45) is 0 Å². The normalized spacial score (nSPS) is 24.9. The molecule has 0 unspecified atom stereocenters. The number of rotatable bonds is 4. The fourth-order valence-electron chi connectivity index (χ4n) is 2.21. The Bertz CT molecular complexity index is 159. The second-order valence-corrected chi connectivity index (χ2v) is 6.15. The largest absolute Gasteiger partial charge is 0.297 e. The molecule has 78 valence electrons. The van der Waals surface area contributed by atoms with Crippen molar-refractivity contribution in [2.45, 2.75) is 63.8 Å². The Morgan fingerprint density at radius 1 is 1.15 bits per heavy atom. The standard InChI is InChI=1S/C11H23NS/c1-5-7-11(8-6-2)12-10(3,4)9-13-11/h12H,5-9H2,1-4H3. The number of thioether (sulfide) groups is 1. The first-order valence-electron chi connectivity index (χ1n) is 5.47. The van der Waals surface area contributed by atoms with Gasteiger partial charge in [0.1, 0.15) is 0 Å². The van der Waals surface area contributed by atoms with Gasteiger partial charge in [0.25, 0.3) is 0 Å². The van der Waals surface area contributed by atoms with Crippen molar-refractivity contribution in [1.82, 2.24) is 5.32 Å². The molecule has 1 rings (SSSR count). The van der Waals surface area contributed by atoms with Gasteiger partial charge in [-0.1, -0.05) is 26.7 Å². The van der Waals surface area contributed by atoms with Gasteiger partial charge in [0.2, 0.25) is 0 Å². The molecule has 2 heteroatoms. The minimum Gasteiger partial charge on any atom is -0.297 e. The molecular formula is C11H23NS. The zero-order chi connectivity index (χ0) is 9.95. The zero-order valence-electron chi connectivity index (χ0n) is 9.44. The SMILES string of the molecule is CCCC1(CCC)NC(C)(C)CS1. The van der Waals surface area contributed by atoms with Crippen LogP contribution in [-0.4, -0.2) is 16.2 Å². The van der Waals surface area contributed by atoms with Crippen LogP contribution in [0.25, 0.3) is 0 Å². The summed E-state index contributed by atoms with van der Waals surface area (Å²) in [6.45, 7) is 9.19. The summed E-state index contributed by atoms with van der Waals surface area (Å²) in [6.07, 6.45) is 5.20. The summed E-state index contributed by atoms with van der Waals surface area (Å²) in [7, 11) is 0. The van der Waals surface area contributed by atoms with Crippen LogP contribution in [0.4, 0.5) is 0 Å². The lowest BCUT2D eigenvalue weighted by Gasteiger charge is -2.31. The van der Waals surface area contributed by atoms with E-state index in [1.807, 2.05) is 0 Å². The van der Waals surface area contributed by atoms with Gasteiger partial charge in [0, 0.05) is 11.3 Å². The van der Waals surface area contributed by atoms with E-state index in [-0.39, 0.29) is 0 Å². The Morgan fingerprint density at radius 2 is 1.69 bits per heavy atom. The number of nitrogens with one attached hydrogen (secondary N) is 1. The van der Waals surface area contributed by atoms with Crippen LogP contribution in [0, 0.1) is 0 Å². The van der Waals surface area contributed by atoms with E-state index in [1.165, 1.54) is 31.4 Å². The van der Waals surface area contributed by atoms with Crippen molar-refractivity contribution in [1.29, 1.82) is 0 Å². The van der Waals surface area contributed by atoms with Gasteiger partial charge in [-0.2, -0.15) is 0 Å². The van der Waals surface area contributed by atoms with Crippen LogP contribution < -0.4 is 5.32 Å². The molecule has 0 amide bonds. The molecule has 1 fully saturated rings. The van der Waals surface area contributed by atoms with E-state index in [0.29, 0.717) is 10.4 Å². The Morgan fingerprint density at radius 3 is 2.00 bits per heavy atom. The van der Waals surface area contributed by atoms with Gasteiger partial charge in [-0.05, 0) is 26.7 Å². The summed E-state index contributed by atoms with van der Waals surface area (Å²) < 4.78 is 0. The molecule has 1 saturated heterocycles. The maximum atomic E-state index is 3.81. The van der Waals surface area contributed by atoms with Gasteiger partial charge >= 0.3 is 0 Å². The highest BCUT2D eigenvalue weighted by Crippen LogP contribution is 2.41. The number of hydrogen-bond acceptors (Lipinski definition) is 2. The molecule has 13 heavy (non-hydrogen) atoms. The van der Waals surface area contributed by atoms with Crippen LogP contribution in [0.1, 0.15) is 53.4 Å². The molecule has 0 aromatic carbocycles. The average Bonchev–Trinajstić information content (AvgIpc) is 2.28. The van der Waals surface area contributed by atoms with Crippen LogP contribution in [0.3, 0.4) is 0 Å². The highest BCUT2D eigenvalue weighted by molar-refractivity contribution is 8.00. The third kappa shape index (κ3) is 2.88. The maximum Gasteiger partial charge on any atom is 0.0650 e. The first kappa shape index (κ1) is 11.4. The molecule has 1 aliphatic heterocycles. The molecule has 0 radical (unpaired) electrons. The third-order valence-electron chi connectivity index (χ3n) is 2.58. The van der Waals surface area contributed by atoms with Gasteiger partial charge in [0.05, 0.1) is 4.87 Å². The van der Waals surface area contributed by atoms with Crippen molar-refractivity contribution in [3.63, 3.8) is 0 Å². The van der Waals surface area contributed by atoms with Gasteiger partial charge < -0.3 is 0 Å². The van der Waals surface area contributed by atoms with E-state index >= 15 is 0 Å². The van der Waals surface area contributed by atoms with E-state index < -0.39 is 0 Å². The summed E-state index contributed by atoms with van der Waals surface area (Å²) in [6, 6.07) is 0. The Labute approximate surface area is 87.1 Å². The second kappa shape index (κ2) is 4.22. The second-order valence-electron chi connectivity index (χ2n) is 4.79. The minimum atomic E-state index is 0.342. The van der Waals surface area contributed by atoms with Gasteiger partial charge in [0.15, 0.2) is 0 Å². The Kier molecular flexibility index (Phi) is 3.70. The predicted molar refractivity (Wildman–Crippen MR) is 62.2 cm³/mol. The summed E-state index contributed by atoms with van der Waals surface area (Å²) >= 11 is 2.13. The Balaban J connectivity index is 2.59. The van der Waals surface area contributed by atoms with Crippen LogP contribution in [0.5, 0.6) is 0 Å². The Hall–Kier alpha value is 0.310. The summed E-state index contributed by atoms with van der Waals surface area (Å²) in [5.41, 5.74) is 0.342. The van der Waals surface area contributed by atoms with Crippen molar-refractivity contribution < 1.29 is 0 Å². The zero-order valence-corrected chi connectivity index (χ0v) is 10.3. The third-order valence-corrected chi connectivity index (χ3v) is 4.51. The molecular weight excluding hydrogens is 178 g/mol. The van der Waals surface area contributed by atoms with Crippen LogP contribution in [0.15, 0.2) is 0 Å². The van der Waals surface area contributed by atoms with Crippen molar-refractivity contribution >= 4 is 11.8 Å². The maximum absolute atomic E-state index is 3.81. The molecule has 1 nitrogen and oxygen atoms in total. The fraction of sp³-hybridized carbons (Fsp3) is 1.00. The lowest BCUT2D eigenvalue weighted by Crippen LogP contribution is -2.47. The molecule has 0 spiro atoms. The average molecular weight is 201 g/mol. The van der Waals surface area contributed by atoms with Crippen molar-refractivity contribution in [3.8, 4) is 0 Å². The van der Waals surface area contributed by atoms with Crippen molar-refractivity contribution in [3.05, 3.63) is 0 Å². The van der Waals surface area contributed by atoms with E-state index in [1.54, 1.807) is 0 Å². The summed E-state index contributed by atoms with van der Waals surface area (Å²) in [5, 5.41) is 3.81. The van der Waals surface area contributed by atoms with Crippen molar-refractivity contribution in [2.75, 3.05) is 5.75 Å². The van der Waals surface area contributed by atoms with Gasteiger partial charge in [-0.15, -0.1) is 11.8 Å². The predicted octanol–water partition coefficient (Wildman–Crippen LogP) is 3.40. The first-order chi connectivity index (χ1) is 6.04.